The van der Waals surface area contributed by atoms with Crippen molar-refractivity contribution in [3.8, 4) is 0 Å². The Labute approximate surface area is 155 Å². The predicted molar refractivity (Wildman–Crippen MR) is 100 cm³/mol. The highest BCUT2D eigenvalue weighted by molar-refractivity contribution is 6.31. The maximum Gasteiger partial charge on any atom is 0.315 e. The summed E-state index contributed by atoms with van der Waals surface area (Å²) >= 11 is 6.09. The zero-order chi connectivity index (χ0) is 18.2. The highest BCUT2D eigenvalue weighted by Crippen LogP contribution is 2.17. The van der Waals surface area contributed by atoms with Gasteiger partial charge in [-0.25, -0.2) is 4.79 Å². The van der Waals surface area contributed by atoms with E-state index < -0.39 is 0 Å². The second-order valence-corrected chi connectivity index (χ2v) is 6.94. The first kappa shape index (κ1) is 19.6. The first-order valence-electron chi connectivity index (χ1n) is 9.11. The van der Waals surface area contributed by atoms with Crippen molar-refractivity contribution in [2.45, 2.75) is 52.1 Å². The monoisotopic (exact) mass is 365 g/mol. The summed E-state index contributed by atoms with van der Waals surface area (Å²) in [6.07, 6.45) is 3.37. The number of amides is 3. The van der Waals surface area contributed by atoms with Gasteiger partial charge in [-0.1, -0.05) is 43.6 Å². The van der Waals surface area contributed by atoms with E-state index in [0.717, 1.165) is 31.2 Å². The molecule has 2 rings (SSSR count). The second-order valence-electron chi connectivity index (χ2n) is 6.53. The number of hydrogen-bond donors (Lipinski definition) is 2. The van der Waals surface area contributed by atoms with Crippen LogP contribution in [0, 0.1) is 5.92 Å². The lowest BCUT2D eigenvalue weighted by Gasteiger charge is -2.34. The van der Waals surface area contributed by atoms with Gasteiger partial charge < -0.3 is 15.5 Å². The standard InChI is InChI=1S/C19H28ClN3O2/c1-3-14(4-2)18(24)23-11-9-16(10-12-23)22-19(25)21-13-15-7-5-6-8-17(15)20/h5-8,14,16H,3-4,9-13H2,1-2H3,(H2,21,22,25). The van der Waals surface area contributed by atoms with E-state index in [-0.39, 0.29) is 23.9 Å². The van der Waals surface area contributed by atoms with E-state index in [9.17, 15) is 9.59 Å². The minimum absolute atomic E-state index is 0.108. The molecule has 0 spiro atoms. The summed E-state index contributed by atoms with van der Waals surface area (Å²) in [5, 5.41) is 6.49. The van der Waals surface area contributed by atoms with Crippen molar-refractivity contribution in [2.24, 2.45) is 5.92 Å². The van der Waals surface area contributed by atoms with Crippen molar-refractivity contribution in [1.29, 1.82) is 0 Å². The van der Waals surface area contributed by atoms with Crippen molar-refractivity contribution < 1.29 is 9.59 Å². The topological polar surface area (TPSA) is 61.4 Å². The number of urea groups is 1. The number of halogens is 1. The quantitative estimate of drug-likeness (QED) is 0.809. The number of benzene rings is 1. The average Bonchev–Trinajstić information content (AvgIpc) is 2.62. The molecule has 1 saturated heterocycles. The largest absolute Gasteiger partial charge is 0.342 e. The summed E-state index contributed by atoms with van der Waals surface area (Å²) in [6, 6.07) is 7.38. The fourth-order valence-corrected chi connectivity index (χ4v) is 3.40. The van der Waals surface area contributed by atoms with Gasteiger partial charge in [0.15, 0.2) is 0 Å². The Morgan fingerprint density at radius 2 is 1.84 bits per heavy atom. The molecule has 3 amide bonds. The molecule has 0 aliphatic carbocycles. The zero-order valence-electron chi connectivity index (χ0n) is 15.1. The molecular formula is C19H28ClN3O2. The van der Waals surface area contributed by atoms with Crippen molar-refractivity contribution in [3.05, 3.63) is 34.9 Å². The summed E-state index contributed by atoms with van der Waals surface area (Å²) in [4.78, 5) is 26.4. The smallest absolute Gasteiger partial charge is 0.315 e. The van der Waals surface area contributed by atoms with Crippen LogP contribution in [-0.2, 0) is 11.3 Å². The molecule has 138 valence electrons. The number of nitrogens with one attached hydrogen (secondary N) is 2. The Balaban J connectivity index is 1.73. The molecule has 0 bridgehead atoms. The Kier molecular flexibility index (Phi) is 7.56. The van der Waals surface area contributed by atoms with Gasteiger partial charge in [0.1, 0.15) is 0 Å². The number of rotatable bonds is 6. The van der Waals surface area contributed by atoms with Gasteiger partial charge >= 0.3 is 6.03 Å². The lowest BCUT2D eigenvalue weighted by molar-refractivity contribution is -0.136. The first-order chi connectivity index (χ1) is 12.0. The van der Waals surface area contributed by atoms with Gasteiger partial charge in [-0.05, 0) is 37.3 Å². The Hall–Kier alpha value is -1.75. The molecule has 0 aromatic heterocycles. The molecule has 0 atom stereocenters. The molecule has 0 radical (unpaired) electrons. The number of hydrogen-bond acceptors (Lipinski definition) is 2. The highest BCUT2D eigenvalue weighted by Gasteiger charge is 2.27. The van der Waals surface area contributed by atoms with Crippen LogP contribution in [0.3, 0.4) is 0 Å². The lowest BCUT2D eigenvalue weighted by Crippen LogP contribution is -2.50. The minimum Gasteiger partial charge on any atom is -0.342 e. The van der Waals surface area contributed by atoms with E-state index >= 15 is 0 Å². The summed E-state index contributed by atoms with van der Waals surface area (Å²) in [5.74, 6) is 0.384. The van der Waals surface area contributed by atoms with Crippen molar-refractivity contribution in [3.63, 3.8) is 0 Å². The number of carbonyl (C=O) groups excluding carboxylic acids is 2. The predicted octanol–water partition coefficient (Wildman–Crippen LogP) is 3.57. The normalized spacial score (nSPS) is 15.3. The van der Waals surface area contributed by atoms with E-state index in [1.807, 2.05) is 29.2 Å². The molecule has 6 heteroatoms. The number of piperidine rings is 1. The van der Waals surface area contributed by atoms with Gasteiger partial charge in [0.25, 0.3) is 0 Å². The molecule has 1 aromatic rings. The van der Waals surface area contributed by atoms with Gasteiger partial charge in [0.2, 0.25) is 5.91 Å². The minimum atomic E-state index is -0.190. The molecule has 2 N–H and O–H groups in total. The van der Waals surface area contributed by atoms with Crippen LogP contribution in [0.15, 0.2) is 24.3 Å². The van der Waals surface area contributed by atoms with Gasteiger partial charge in [-0.15, -0.1) is 0 Å². The van der Waals surface area contributed by atoms with E-state index in [2.05, 4.69) is 24.5 Å². The Morgan fingerprint density at radius 1 is 1.20 bits per heavy atom. The van der Waals surface area contributed by atoms with E-state index in [1.165, 1.54) is 0 Å². The number of carbonyl (C=O) groups is 2. The average molecular weight is 366 g/mol. The third kappa shape index (κ3) is 5.63. The van der Waals surface area contributed by atoms with E-state index in [1.54, 1.807) is 0 Å². The van der Waals surface area contributed by atoms with Crippen LogP contribution < -0.4 is 10.6 Å². The van der Waals surface area contributed by atoms with Crippen molar-refractivity contribution in [2.75, 3.05) is 13.1 Å². The maximum atomic E-state index is 12.4. The second kappa shape index (κ2) is 9.66. The molecule has 1 fully saturated rings. The molecule has 1 heterocycles. The summed E-state index contributed by atoms with van der Waals surface area (Å²) in [6.45, 7) is 5.94. The molecule has 1 aliphatic rings. The fourth-order valence-electron chi connectivity index (χ4n) is 3.19. The molecular weight excluding hydrogens is 338 g/mol. The SMILES string of the molecule is CCC(CC)C(=O)N1CCC(NC(=O)NCc2ccccc2Cl)CC1. The van der Waals surface area contributed by atoms with Crippen LogP contribution in [0.4, 0.5) is 4.79 Å². The van der Waals surface area contributed by atoms with Gasteiger partial charge in [-0.3, -0.25) is 4.79 Å². The molecule has 1 aromatic carbocycles. The third-order valence-electron chi connectivity index (χ3n) is 4.87. The molecule has 5 nitrogen and oxygen atoms in total. The maximum absolute atomic E-state index is 12.4. The van der Waals surface area contributed by atoms with Gasteiger partial charge in [0.05, 0.1) is 0 Å². The Bertz CT molecular complexity index is 582. The number of nitrogens with zero attached hydrogens (tertiary/aromatic N) is 1. The molecule has 0 saturated carbocycles. The van der Waals surface area contributed by atoms with Crippen molar-refractivity contribution >= 4 is 23.5 Å². The Morgan fingerprint density at radius 3 is 2.44 bits per heavy atom. The molecule has 25 heavy (non-hydrogen) atoms. The first-order valence-corrected chi connectivity index (χ1v) is 9.49. The van der Waals surface area contributed by atoms with Crippen LogP contribution >= 0.6 is 11.6 Å². The fraction of sp³-hybridized carbons (Fsp3) is 0.579. The molecule has 0 unspecified atom stereocenters. The number of likely N-dealkylation sites (tertiary alicyclic amines) is 1. The van der Waals surface area contributed by atoms with Crippen LogP contribution in [0.1, 0.15) is 45.1 Å². The molecule has 1 aliphatic heterocycles. The van der Waals surface area contributed by atoms with Crippen LogP contribution in [-0.4, -0.2) is 36.0 Å². The third-order valence-corrected chi connectivity index (χ3v) is 5.24. The van der Waals surface area contributed by atoms with E-state index in [4.69, 9.17) is 11.6 Å². The van der Waals surface area contributed by atoms with Crippen LogP contribution in [0.2, 0.25) is 5.02 Å². The zero-order valence-corrected chi connectivity index (χ0v) is 15.8. The van der Waals surface area contributed by atoms with Crippen LogP contribution in [0.5, 0.6) is 0 Å². The highest BCUT2D eigenvalue weighted by atomic mass is 35.5. The summed E-state index contributed by atoms with van der Waals surface area (Å²) in [7, 11) is 0. The van der Waals surface area contributed by atoms with Gasteiger partial charge in [0, 0.05) is 36.6 Å². The van der Waals surface area contributed by atoms with Crippen LogP contribution in [0.25, 0.3) is 0 Å². The van der Waals surface area contributed by atoms with Crippen molar-refractivity contribution in [1.82, 2.24) is 15.5 Å². The summed E-state index contributed by atoms with van der Waals surface area (Å²) < 4.78 is 0. The van der Waals surface area contributed by atoms with Gasteiger partial charge in [-0.2, -0.15) is 0 Å². The van der Waals surface area contributed by atoms with E-state index in [0.29, 0.717) is 24.7 Å². The summed E-state index contributed by atoms with van der Waals surface area (Å²) in [5.41, 5.74) is 0.893. The lowest BCUT2D eigenvalue weighted by atomic mass is 9.98.